The van der Waals surface area contributed by atoms with Gasteiger partial charge in [-0.3, -0.25) is 39.7 Å². The molecule has 0 radical (unpaired) electrons. The lowest BCUT2D eigenvalue weighted by Crippen LogP contribution is -2.47. The lowest BCUT2D eigenvalue weighted by Gasteiger charge is -2.27. The molecule has 2 N–H and O–H groups in total. The Balaban J connectivity index is 1.19. The van der Waals surface area contributed by atoms with Crippen molar-refractivity contribution in [1.82, 2.24) is 9.80 Å². The van der Waals surface area contributed by atoms with Gasteiger partial charge in [-0.15, -0.1) is 0 Å². The molecule has 2 aromatic carbocycles. The largest absolute Gasteiger partial charge is 0.460 e. The lowest BCUT2D eigenvalue weighted by atomic mass is 10.1. The van der Waals surface area contributed by atoms with Gasteiger partial charge in [0.15, 0.2) is 0 Å². The molecule has 2 fully saturated rings. The number of amides is 2. The monoisotopic (exact) mass is 642 g/mol. The van der Waals surface area contributed by atoms with Crippen molar-refractivity contribution in [3.8, 4) is 0 Å². The van der Waals surface area contributed by atoms with Crippen LogP contribution in [0.2, 0.25) is 0 Å². The van der Waals surface area contributed by atoms with E-state index in [0.717, 1.165) is 6.42 Å². The fourth-order valence-electron chi connectivity index (χ4n) is 5.19. The first-order chi connectivity index (χ1) is 21.5. The molecule has 0 aromatic heterocycles. The van der Waals surface area contributed by atoms with E-state index in [-0.39, 0.29) is 60.5 Å². The topological polar surface area (TPSA) is 201 Å². The van der Waals surface area contributed by atoms with Crippen molar-refractivity contribution < 1.29 is 33.7 Å². The van der Waals surface area contributed by atoms with Crippen LogP contribution in [0.3, 0.4) is 0 Å². The molecule has 0 bridgehead atoms. The van der Waals surface area contributed by atoms with Crippen molar-refractivity contribution in [1.29, 1.82) is 0 Å². The van der Waals surface area contributed by atoms with Crippen LogP contribution in [0.15, 0.2) is 53.5 Å². The molecule has 15 nitrogen and oxygen atoms in total. The van der Waals surface area contributed by atoms with Gasteiger partial charge >= 0.3 is 12.1 Å². The van der Waals surface area contributed by atoms with E-state index in [4.69, 9.17) is 15.2 Å². The Morgan fingerprint density at radius 2 is 1.51 bits per heavy atom. The Labute approximate surface area is 264 Å². The maximum absolute atomic E-state index is 13.4. The Kier molecular flexibility index (Phi) is 11.3. The van der Waals surface area contributed by atoms with E-state index < -0.39 is 28.0 Å². The number of thiol groups is 1. The van der Waals surface area contributed by atoms with Crippen LogP contribution >= 0.6 is 12.6 Å². The van der Waals surface area contributed by atoms with Crippen LogP contribution in [-0.2, 0) is 32.3 Å². The number of likely N-dealkylation sites (tertiary alicyclic amines) is 2. The van der Waals surface area contributed by atoms with Gasteiger partial charge in [-0.05, 0) is 60.6 Å². The third-order valence-electron chi connectivity index (χ3n) is 7.63. The number of amidine groups is 1. The second-order valence-corrected chi connectivity index (χ2v) is 11.6. The standard InChI is InChI=1S/C29H34N6O9S/c30-26(14-27(36)43-17-20-1-5-22(6-2-20)34(39)40)31-11-9-19-10-12-32(15-19)28(37)25-13-24(45)16-33(25)29(38)44-18-21-3-7-23(8-4-21)35(41)42/h1-8,19,24-25,45H,9-18H2,(H2,30,31)/t19-,24-,25-/m0/s1. The maximum atomic E-state index is 13.4. The molecule has 240 valence electrons. The summed E-state index contributed by atoms with van der Waals surface area (Å²) in [4.78, 5) is 66.3. The molecule has 16 heteroatoms. The highest BCUT2D eigenvalue weighted by atomic mass is 32.1. The van der Waals surface area contributed by atoms with Crippen LogP contribution in [0.25, 0.3) is 0 Å². The van der Waals surface area contributed by atoms with Gasteiger partial charge in [0.2, 0.25) is 5.91 Å². The molecule has 3 atom stereocenters. The minimum absolute atomic E-state index is 0.0417. The Bertz CT molecular complexity index is 1440. The Morgan fingerprint density at radius 3 is 2.09 bits per heavy atom. The summed E-state index contributed by atoms with van der Waals surface area (Å²) in [6.07, 6.45) is 0.987. The number of ether oxygens (including phenoxy) is 2. The molecule has 0 aliphatic carbocycles. The Hall–Kier alpha value is -4.73. The zero-order valence-corrected chi connectivity index (χ0v) is 25.3. The van der Waals surface area contributed by atoms with E-state index in [1.807, 2.05) is 0 Å². The molecule has 4 rings (SSSR count). The number of nitrogens with zero attached hydrogens (tertiary/aromatic N) is 5. The summed E-state index contributed by atoms with van der Waals surface area (Å²) in [5.41, 5.74) is 6.98. The molecule has 0 saturated carbocycles. The average Bonchev–Trinajstić information content (AvgIpc) is 3.65. The molecule has 0 spiro atoms. The molecule has 2 saturated heterocycles. The first kappa shape index (κ1) is 33.2. The third-order valence-corrected chi connectivity index (χ3v) is 8.00. The van der Waals surface area contributed by atoms with E-state index >= 15 is 0 Å². The van der Waals surface area contributed by atoms with Crippen LogP contribution in [0.5, 0.6) is 0 Å². The SMILES string of the molecule is NC(CC(=O)OCc1ccc([N+](=O)[O-])cc1)=NCC[C@H]1CCN(C(=O)[C@@H]2C[C@H](S)CN2C(=O)OCc2ccc([N+](=O)[O-])cc2)C1. The van der Waals surface area contributed by atoms with Crippen molar-refractivity contribution in [2.45, 2.75) is 50.2 Å². The van der Waals surface area contributed by atoms with E-state index in [0.29, 0.717) is 43.6 Å². The van der Waals surface area contributed by atoms with Crippen molar-refractivity contribution in [2.24, 2.45) is 16.6 Å². The highest BCUT2D eigenvalue weighted by molar-refractivity contribution is 7.81. The predicted octanol–water partition coefficient (Wildman–Crippen LogP) is 3.24. The summed E-state index contributed by atoms with van der Waals surface area (Å²) >= 11 is 4.49. The quantitative estimate of drug-likeness (QED) is 0.0864. The minimum Gasteiger partial charge on any atom is -0.460 e. The molecule has 45 heavy (non-hydrogen) atoms. The lowest BCUT2D eigenvalue weighted by molar-refractivity contribution is -0.385. The second kappa shape index (κ2) is 15.3. The van der Waals surface area contributed by atoms with Crippen molar-refractivity contribution in [2.75, 3.05) is 26.2 Å². The number of hydrogen-bond acceptors (Lipinski definition) is 11. The van der Waals surface area contributed by atoms with Gasteiger partial charge in [0.25, 0.3) is 11.4 Å². The first-order valence-corrected chi connectivity index (χ1v) is 14.8. The zero-order valence-electron chi connectivity index (χ0n) is 24.4. The number of carbonyl (C=O) groups is 3. The number of non-ortho nitro benzene ring substituents is 2. The third kappa shape index (κ3) is 9.38. The van der Waals surface area contributed by atoms with E-state index in [2.05, 4.69) is 17.6 Å². The highest BCUT2D eigenvalue weighted by Gasteiger charge is 2.42. The maximum Gasteiger partial charge on any atom is 0.410 e. The van der Waals surface area contributed by atoms with E-state index in [1.54, 1.807) is 4.90 Å². The van der Waals surface area contributed by atoms with Gasteiger partial charge < -0.3 is 20.1 Å². The number of esters is 1. The normalized spacial score (nSPS) is 19.8. The van der Waals surface area contributed by atoms with Crippen molar-refractivity contribution in [3.63, 3.8) is 0 Å². The van der Waals surface area contributed by atoms with Crippen molar-refractivity contribution in [3.05, 3.63) is 79.9 Å². The number of rotatable bonds is 12. The number of aliphatic imine (C=N–C) groups is 1. The number of benzene rings is 2. The van der Waals surface area contributed by atoms with Gasteiger partial charge in [0, 0.05) is 55.7 Å². The first-order valence-electron chi connectivity index (χ1n) is 14.3. The second-order valence-electron chi connectivity index (χ2n) is 10.9. The summed E-state index contributed by atoms with van der Waals surface area (Å²) in [5.74, 6) is -0.430. The van der Waals surface area contributed by atoms with Crippen LogP contribution in [-0.4, -0.2) is 80.9 Å². The molecule has 2 aromatic rings. The van der Waals surface area contributed by atoms with Crippen LogP contribution in [0.1, 0.15) is 36.8 Å². The predicted molar refractivity (Wildman–Crippen MR) is 164 cm³/mol. The summed E-state index contributed by atoms with van der Waals surface area (Å²) in [6.45, 7) is 1.55. The van der Waals surface area contributed by atoms with Gasteiger partial charge in [-0.25, -0.2) is 4.79 Å². The number of nitro groups is 2. The summed E-state index contributed by atoms with van der Waals surface area (Å²) in [5, 5.41) is 21.4. The number of nitro benzene ring substituents is 2. The van der Waals surface area contributed by atoms with E-state index in [1.165, 1.54) is 53.4 Å². The van der Waals surface area contributed by atoms with Gasteiger partial charge in [-0.1, -0.05) is 0 Å². The molecule has 0 unspecified atom stereocenters. The van der Waals surface area contributed by atoms with Crippen molar-refractivity contribution >= 4 is 47.8 Å². The Morgan fingerprint density at radius 1 is 0.933 bits per heavy atom. The van der Waals surface area contributed by atoms with Gasteiger partial charge in [-0.2, -0.15) is 12.6 Å². The van der Waals surface area contributed by atoms with Crippen LogP contribution in [0.4, 0.5) is 16.2 Å². The van der Waals surface area contributed by atoms with Crippen LogP contribution in [0, 0.1) is 26.1 Å². The average molecular weight is 643 g/mol. The molecule has 2 heterocycles. The summed E-state index contributed by atoms with van der Waals surface area (Å²) < 4.78 is 10.6. The van der Waals surface area contributed by atoms with Gasteiger partial charge in [0.1, 0.15) is 31.5 Å². The molecule has 2 aliphatic rings. The molecular weight excluding hydrogens is 608 g/mol. The molecular formula is C29H34N6O9S. The minimum atomic E-state index is -0.693. The number of hydrogen-bond donors (Lipinski definition) is 2. The zero-order chi connectivity index (χ0) is 32.5. The fraction of sp³-hybridized carbons (Fsp3) is 0.448. The highest BCUT2D eigenvalue weighted by Crippen LogP contribution is 2.28. The summed E-state index contributed by atoms with van der Waals surface area (Å²) in [7, 11) is 0. The van der Waals surface area contributed by atoms with Crippen LogP contribution < -0.4 is 5.73 Å². The number of nitrogens with two attached hydrogens (primary N) is 1. The fourth-order valence-corrected chi connectivity index (χ4v) is 5.57. The smallest absolute Gasteiger partial charge is 0.410 e. The molecule has 2 aliphatic heterocycles. The molecule has 2 amide bonds. The summed E-state index contributed by atoms with van der Waals surface area (Å²) in [6, 6.07) is 10.7. The van der Waals surface area contributed by atoms with E-state index in [9.17, 15) is 34.6 Å². The number of carbonyl (C=O) groups excluding carboxylic acids is 3. The van der Waals surface area contributed by atoms with Gasteiger partial charge in [0.05, 0.1) is 9.85 Å².